The van der Waals surface area contributed by atoms with Crippen molar-refractivity contribution < 1.29 is 9.90 Å². The standard InChI is InChI=1S/C12H14ClNO2/c1-12(5-6-12)7-14-9-4-2-3-8(13)10(9)11(15)16/h2-4,14H,5-7H2,1H3,(H,15,16). The van der Waals surface area contributed by atoms with Crippen LogP contribution in [-0.2, 0) is 0 Å². The Kier molecular flexibility index (Phi) is 2.80. The van der Waals surface area contributed by atoms with Gasteiger partial charge in [0.05, 0.1) is 10.7 Å². The summed E-state index contributed by atoms with van der Waals surface area (Å²) in [4.78, 5) is 11.1. The molecule has 0 unspecified atom stereocenters. The number of nitrogens with one attached hydrogen (secondary N) is 1. The fourth-order valence-electron chi connectivity index (χ4n) is 1.59. The molecule has 0 saturated heterocycles. The summed E-state index contributed by atoms with van der Waals surface area (Å²) in [6, 6.07) is 5.10. The Morgan fingerprint density at radius 2 is 2.25 bits per heavy atom. The van der Waals surface area contributed by atoms with E-state index in [0.29, 0.717) is 11.1 Å². The lowest BCUT2D eigenvalue weighted by Crippen LogP contribution is -2.14. The van der Waals surface area contributed by atoms with Crippen LogP contribution in [0.5, 0.6) is 0 Å². The molecule has 2 N–H and O–H groups in total. The minimum absolute atomic E-state index is 0.161. The molecule has 16 heavy (non-hydrogen) atoms. The Bertz CT molecular complexity index is 427. The summed E-state index contributed by atoms with van der Waals surface area (Å²) in [6.07, 6.45) is 2.39. The average Bonchev–Trinajstić information content (AvgIpc) is 2.94. The molecule has 0 atom stereocenters. The fraction of sp³-hybridized carbons (Fsp3) is 0.417. The minimum atomic E-state index is -0.992. The maximum absolute atomic E-state index is 11.1. The molecule has 0 heterocycles. The van der Waals surface area contributed by atoms with Crippen molar-refractivity contribution >= 4 is 23.3 Å². The molecule has 0 aliphatic heterocycles. The number of carboxylic acid groups (broad SMARTS) is 1. The highest BCUT2D eigenvalue weighted by Crippen LogP contribution is 2.45. The van der Waals surface area contributed by atoms with E-state index in [0.717, 1.165) is 6.54 Å². The van der Waals surface area contributed by atoms with Gasteiger partial charge in [-0.2, -0.15) is 0 Å². The molecule has 0 radical (unpaired) electrons. The van der Waals surface area contributed by atoms with Crippen LogP contribution in [0.1, 0.15) is 30.1 Å². The van der Waals surface area contributed by atoms with Crippen LogP contribution in [0.3, 0.4) is 0 Å². The third-order valence-electron chi connectivity index (χ3n) is 3.04. The van der Waals surface area contributed by atoms with Crippen molar-refractivity contribution in [2.45, 2.75) is 19.8 Å². The molecule has 0 spiro atoms. The Labute approximate surface area is 99.4 Å². The van der Waals surface area contributed by atoms with Gasteiger partial charge in [0.2, 0.25) is 0 Å². The molecule has 3 nitrogen and oxygen atoms in total. The molecule has 1 aliphatic rings. The van der Waals surface area contributed by atoms with E-state index in [-0.39, 0.29) is 10.6 Å². The van der Waals surface area contributed by atoms with Gasteiger partial charge in [-0.25, -0.2) is 4.79 Å². The highest BCUT2D eigenvalue weighted by molar-refractivity contribution is 6.34. The van der Waals surface area contributed by atoms with Gasteiger partial charge in [0.15, 0.2) is 0 Å². The van der Waals surface area contributed by atoms with E-state index in [4.69, 9.17) is 16.7 Å². The van der Waals surface area contributed by atoms with Crippen molar-refractivity contribution in [3.05, 3.63) is 28.8 Å². The highest BCUT2D eigenvalue weighted by Gasteiger charge is 2.37. The largest absolute Gasteiger partial charge is 0.478 e. The van der Waals surface area contributed by atoms with Crippen molar-refractivity contribution in [2.24, 2.45) is 5.41 Å². The average molecular weight is 240 g/mol. The topological polar surface area (TPSA) is 49.3 Å². The lowest BCUT2D eigenvalue weighted by Gasteiger charge is -2.14. The van der Waals surface area contributed by atoms with Crippen LogP contribution in [0, 0.1) is 5.41 Å². The molecule has 2 rings (SSSR count). The Hall–Kier alpha value is -1.22. The first-order valence-electron chi connectivity index (χ1n) is 5.27. The quantitative estimate of drug-likeness (QED) is 0.848. The van der Waals surface area contributed by atoms with Crippen molar-refractivity contribution in [1.82, 2.24) is 0 Å². The molecule has 1 aliphatic carbocycles. The number of anilines is 1. The van der Waals surface area contributed by atoms with Crippen molar-refractivity contribution in [2.75, 3.05) is 11.9 Å². The number of benzene rings is 1. The molecule has 0 amide bonds. The predicted octanol–water partition coefficient (Wildman–Crippen LogP) is 3.25. The molecular formula is C12H14ClNO2. The second kappa shape index (κ2) is 3.98. The van der Waals surface area contributed by atoms with Crippen LogP contribution >= 0.6 is 11.6 Å². The molecule has 1 fully saturated rings. The van der Waals surface area contributed by atoms with Gasteiger partial charge < -0.3 is 10.4 Å². The van der Waals surface area contributed by atoms with Gasteiger partial charge >= 0.3 is 5.97 Å². The van der Waals surface area contributed by atoms with E-state index in [1.165, 1.54) is 12.8 Å². The van der Waals surface area contributed by atoms with E-state index in [2.05, 4.69) is 12.2 Å². The number of halogens is 1. The zero-order valence-corrected chi connectivity index (χ0v) is 9.84. The first-order valence-corrected chi connectivity index (χ1v) is 5.65. The normalized spacial score (nSPS) is 16.9. The third-order valence-corrected chi connectivity index (χ3v) is 3.35. The lowest BCUT2D eigenvalue weighted by atomic mass is 10.1. The number of rotatable bonds is 4. The molecule has 1 aromatic carbocycles. The number of aromatic carboxylic acids is 1. The smallest absolute Gasteiger partial charge is 0.339 e. The molecule has 0 aromatic heterocycles. The van der Waals surface area contributed by atoms with E-state index >= 15 is 0 Å². The van der Waals surface area contributed by atoms with Crippen LogP contribution in [-0.4, -0.2) is 17.6 Å². The van der Waals surface area contributed by atoms with Crippen molar-refractivity contribution in [3.63, 3.8) is 0 Å². The van der Waals surface area contributed by atoms with Gasteiger partial charge in [-0.05, 0) is 30.4 Å². The Morgan fingerprint density at radius 1 is 1.56 bits per heavy atom. The van der Waals surface area contributed by atoms with E-state index in [1.807, 2.05) is 0 Å². The van der Waals surface area contributed by atoms with E-state index < -0.39 is 5.97 Å². The SMILES string of the molecule is CC1(CNc2cccc(Cl)c2C(=O)O)CC1. The van der Waals surface area contributed by atoms with Gasteiger partial charge in [0.25, 0.3) is 0 Å². The third kappa shape index (κ3) is 2.30. The zero-order chi connectivity index (χ0) is 11.8. The molecule has 86 valence electrons. The van der Waals surface area contributed by atoms with Gasteiger partial charge in [-0.1, -0.05) is 24.6 Å². The lowest BCUT2D eigenvalue weighted by molar-refractivity contribution is 0.0698. The molecule has 1 aromatic rings. The maximum atomic E-state index is 11.1. The Balaban J connectivity index is 2.19. The summed E-state index contributed by atoms with van der Waals surface area (Å²) < 4.78 is 0. The molecule has 4 heteroatoms. The maximum Gasteiger partial charge on any atom is 0.339 e. The first kappa shape index (κ1) is 11.3. The van der Waals surface area contributed by atoms with Crippen LogP contribution in [0.15, 0.2) is 18.2 Å². The second-order valence-corrected chi connectivity index (χ2v) is 5.04. The molecule has 0 bridgehead atoms. The summed E-state index contributed by atoms with van der Waals surface area (Å²) in [5.41, 5.74) is 1.10. The van der Waals surface area contributed by atoms with Crippen LogP contribution in [0.25, 0.3) is 0 Å². The summed E-state index contributed by atoms with van der Waals surface area (Å²) >= 11 is 5.87. The van der Waals surface area contributed by atoms with Gasteiger partial charge in [0.1, 0.15) is 5.56 Å². The zero-order valence-electron chi connectivity index (χ0n) is 9.09. The van der Waals surface area contributed by atoms with Gasteiger partial charge in [-0.15, -0.1) is 0 Å². The summed E-state index contributed by atoms with van der Waals surface area (Å²) in [5.74, 6) is -0.992. The van der Waals surface area contributed by atoms with Crippen molar-refractivity contribution in [1.29, 1.82) is 0 Å². The number of hydrogen-bond acceptors (Lipinski definition) is 2. The number of hydrogen-bond donors (Lipinski definition) is 2. The summed E-state index contributed by atoms with van der Waals surface area (Å²) in [7, 11) is 0. The minimum Gasteiger partial charge on any atom is -0.478 e. The number of carbonyl (C=O) groups is 1. The van der Waals surface area contributed by atoms with E-state index in [9.17, 15) is 4.79 Å². The summed E-state index contributed by atoms with van der Waals surface area (Å²) in [5, 5.41) is 12.5. The van der Waals surface area contributed by atoms with Gasteiger partial charge in [-0.3, -0.25) is 0 Å². The molecular weight excluding hydrogens is 226 g/mol. The predicted molar refractivity (Wildman–Crippen MR) is 64.2 cm³/mol. The Morgan fingerprint density at radius 3 is 2.81 bits per heavy atom. The molecule has 1 saturated carbocycles. The monoisotopic (exact) mass is 239 g/mol. The van der Waals surface area contributed by atoms with Crippen LogP contribution < -0.4 is 5.32 Å². The van der Waals surface area contributed by atoms with Gasteiger partial charge in [0, 0.05) is 6.54 Å². The van der Waals surface area contributed by atoms with E-state index in [1.54, 1.807) is 18.2 Å². The van der Waals surface area contributed by atoms with Crippen molar-refractivity contribution in [3.8, 4) is 0 Å². The first-order chi connectivity index (χ1) is 7.52. The highest BCUT2D eigenvalue weighted by atomic mass is 35.5. The second-order valence-electron chi connectivity index (χ2n) is 4.63. The fourth-order valence-corrected chi connectivity index (χ4v) is 1.84. The number of carboxylic acids is 1. The van der Waals surface area contributed by atoms with Crippen LogP contribution in [0.2, 0.25) is 5.02 Å². The summed E-state index contributed by atoms with van der Waals surface area (Å²) in [6.45, 7) is 2.98. The van der Waals surface area contributed by atoms with Crippen LogP contribution in [0.4, 0.5) is 5.69 Å².